The second-order valence-electron chi connectivity index (χ2n) is 7.82. The number of carbonyl (C=O) groups excluding carboxylic acids is 2. The Balaban J connectivity index is 1.60. The second kappa shape index (κ2) is 8.22. The van der Waals surface area contributed by atoms with Crippen LogP contribution in [0.15, 0.2) is 66.7 Å². The van der Waals surface area contributed by atoms with Crippen molar-refractivity contribution in [1.29, 1.82) is 5.26 Å². The van der Waals surface area contributed by atoms with Crippen LogP contribution in [-0.4, -0.2) is 29.0 Å². The summed E-state index contributed by atoms with van der Waals surface area (Å²) in [7, 11) is 0. The standard InChI is InChI=1S/C25H17ClFN3O2S/c26-19-6-2-5-18(12-19)23(31)30-9-10-33-25(30)21-13-20(27)7-8-22(21)29(24(25)32)15-17-4-1-3-16(11-17)14-28/h1-8,11-13H,9-10,15H2/t25-/m0/s1. The van der Waals surface area contributed by atoms with E-state index in [4.69, 9.17) is 11.6 Å². The number of nitriles is 1. The quantitative estimate of drug-likeness (QED) is 0.536. The predicted octanol–water partition coefficient (Wildman–Crippen LogP) is 4.94. The van der Waals surface area contributed by atoms with E-state index < -0.39 is 10.7 Å². The second-order valence-corrected chi connectivity index (χ2v) is 9.55. The zero-order chi connectivity index (χ0) is 23.2. The number of hydrogen-bond donors (Lipinski definition) is 0. The van der Waals surface area contributed by atoms with Gasteiger partial charge in [-0.05, 0) is 54.1 Å². The number of anilines is 1. The Morgan fingerprint density at radius 2 is 1.97 bits per heavy atom. The minimum Gasteiger partial charge on any atom is -0.311 e. The first kappa shape index (κ1) is 21.5. The molecule has 2 aliphatic rings. The molecule has 33 heavy (non-hydrogen) atoms. The van der Waals surface area contributed by atoms with Gasteiger partial charge in [0.15, 0.2) is 4.87 Å². The van der Waals surface area contributed by atoms with E-state index in [9.17, 15) is 19.2 Å². The number of rotatable bonds is 3. The van der Waals surface area contributed by atoms with Crippen LogP contribution in [-0.2, 0) is 16.2 Å². The third-order valence-corrected chi connectivity index (χ3v) is 7.52. The first-order valence-electron chi connectivity index (χ1n) is 10.3. The van der Waals surface area contributed by atoms with Crippen LogP contribution in [0.4, 0.5) is 10.1 Å². The van der Waals surface area contributed by atoms with Gasteiger partial charge >= 0.3 is 0 Å². The summed E-state index contributed by atoms with van der Waals surface area (Å²) in [5.41, 5.74) is 2.64. The molecule has 2 heterocycles. The van der Waals surface area contributed by atoms with E-state index in [2.05, 4.69) is 6.07 Å². The van der Waals surface area contributed by atoms with Crippen molar-refractivity contribution < 1.29 is 14.0 Å². The molecule has 0 radical (unpaired) electrons. The lowest BCUT2D eigenvalue weighted by Gasteiger charge is -2.33. The Kier molecular flexibility index (Phi) is 5.35. The topological polar surface area (TPSA) is 64.4 Å². The van der Waals surface area contributed by atoms with Crippen molar-refractivity contribution in [2.75, 3.05) is 17.2 Å². The van der Waals surface area contributed by atoms with E-state index in [0.29, 0.717) is 39.7 Å². The summed E-state index contributed by atoms with van der Waals surface area (Å²) in [6, 6.07) is 19.9. The smallest absolute Gasteiger partial charge is 0.268 e. The van der Waals surface area contributed by atoms with Crippen molar-refractivity contribution in [3.8, 4) is 6.07 Å². The first-order valence-corrected chi connectivity index (χ1v) is 11.6. The van der Waals surface area contributed by atoms with Crippen molar-refractivity contribution in [3.63, 3.8) is 0 Å². The molecule has 0 saturated carbocycles. The molecule has 0 N–H and O–H groups in total. The number of nitrogens with zero attached hydrogens (tertiary/aromatic N) is 3. The van der Waals surface area contributed by atoms with Gasteiger partial charge in [0, 0.05) is 28.4 Å². The van der Waals surface area contributed by atoms with Crippen LogP contribution in [0, 0.1) is 17.1 Å². The summed E-state index contributed by atoms with van der Waals surface area (Å²) in [5.74, 6) is -0.578. The number of amides is 2. The number of benzene rings is 3. The zero-order valence-electron chi connectivity index (χ0n) is 17.3. The molecule has 164 valence electrons. The van der Waals surface area contributed by atoms with Gasteiger partial charge in [0.1, 0.15) is 5.82 Å². The van der Waals surface area contributed by atoms with E-state index in [-0.39, 0.29) is 18.4 Å². The fourth-order valence-electron chi connectivity index (χ4n) is 4.44. The highest BCUT2D eigenvalue weighted by atomic mass is 35.5. The third kappa shape index (κ3) is 3.47. The number of thioether (sulfide) groups is 1. The maximum absolute atomic E-state index is 14.4. The van der Waals surface area contributed by atoms with Crippen LogP contribution < -0.4 is 4.90 Å². The average Bonchev–Trinajstić information content (AvgIpc) is 3.36. The fraction of sp³-hybridized carbons (Fsp3) is 0.160. The molecular formula is C25H17ClFN3O2S. The van der Waals surface area contributed by atoms with Crippen LogP contribution in [0.25, 0.3) is 0 Å². The molecule has 3 aromatic rings. The maximum atomic E-state index is 14.4. The van der Waals surface area contributed by atoms with Crippen LogP contribution in [0.3, 0.4) is 0 Å². The summed E-state index contributed by atoms with van der Waals surface area (Å²) >= 11 is 7.42. The summed E-state index contributed by atoms with van der Waals surface area (Å²) in [5, 5.41) is 9.65. The molecule has 1 atom stereocenters. The van der Waals surface area contributed by atoms with Crippen molar-refractivity contribution in [2.24, 2.45) is 0 Å². The van der Waals surface area contributed by atoms with Crippen LogP contribution in [0.2, 0.25) is 5.02 Å². The molecule has 0 bridgehead atoms. The van der Waals surface area contributed by atoms with Gasteiger partial charge in [-0.15, -0.1) is 11.8 Å². The third-order valence-electron chi connectivity index (χ3n) is 5.87. The normalized spacial score (nSPS) is 19.1. The lowest BCUT2D eigenvalue weighted by atomic mass is 10.0. The molecule has 2 amide bonds. The van der Waals surface area contributed by atoms with Crippen molar-refractivity contribution in [3.05, 3.63) is 99.8 Å². The molecule has 1 saturated heterocycles. The molecule has 2 aliphatic heterocycles. The molecule has 3 aromatic carbocycles. The SMILES string of the molecule is N#Cc1cccc(CN2C(=O)[C@@]3(SCCN3C(=O)c3cccc(Cl)c3)c3cc(F)ccc32)c1. The minimum absolute atomic E-state index is 0.203. The van der Waals surface area contributed by atoms with Gasteiger partial charge in [-0.25, -0.2) is 4.39 Å². The molecule has 0 aromatic heterocycles. The van der Waals surface area contributed by atoms with E-state index in [1.807, 2.05) is 6.07 Å². The highest BCUT2D eigenvalue weighted by Gasteiger charge is 2.59. The molecule has 5 rings (SSSR count). The Morgan fingerprint density at radius 1 is 1.15 bits per heavy atom. The van der Waals surface area contributed by atoms with Crippen molar-refractivity contribution in [2.45, 2.75) is 11.4 Å². The van der Waals surface area contributed by atoms with Crippen molar-refractivity contribution in [1.82, 2.24) is 4.90 Å². The van der Waals surface area contributed by atoms with Crippen LogP contribution >= 0.6 is 23.4 Å². The van der Waals surface area contributed by atoms with Gasteiger partial charge in [-0.3, -0.25) is 9.59 Å². The van der Waals surface area contributed by atoms with Gasteiger partial charge in [0.25, 0.3) is 11.8 Å². The Labute approximate surface area is 199 Å². The molecule has 8 heteroatoms. The highest BCUT2D eigenvalue weighted by molar-refractivity contribution is 8.01. The van der Waals surface area contributed by atoms with Gasteiger partial charge in [-0.1, -0.05) is 29.8 Å². The zero-order valence-corrected chi connectivity index (χ0v) is 18.9. The number of hydrogen-bond acceptors (Lipinski definition) is 4. The number of carbonyl (C=O) groups is 2. The summed E-state index contributed by atoms with van der Waals surface area (Å²) in [6.07, 6.45) is 0. The summed E-state index contributed by atoms with van der Waals surface area (Å²) in [4.78, 5) is 29.2. The van der Waals surface area contributed by atoms with E-state index in [0.717, 1.165) is 5.56 Å². The lowest BCUT2D eigenvalue weighted by Crippen LogP contribution is -2.50. The van der Waals surface area contributed by atoms with Crippen LogP contribution in [0.5, 0.6) is 0 Å². The molecule has 5 nitrogen and oxygen atoms in total. The summed E-state index contributed by atoms with van der Waals surface area (Å²) < 4.78 is 14.4. The van der Waals surface area contributed by atoms with E-state index in [1.165, 1.54) is 28.8 Å². The summed E-state index contributed by atoms with van der Waals surface area (Å²) in [6.45, 7) is 0.546. The minimum atomic E-state index is -1.36. The Morgan fingerprint density at radius 3 is 2.76 bits per heavy atom. The van der Waals surface area contributed by atoms with Crippen LogP contribution in [0.1, 0.15) is 27.0 Å². The number of fused-ring (bicyclic) bond motifs is 2. The van der Waals surface area contributed by atoms with Gasteiger partial charge in [0.2, 0.25) is 0 Å². The fourth-order valence-corrected chi connectivity index (χ4v) is 6.09. The number of halogens is 2. The first-order chi connectivity index (χ1) is 15.9. The molecule has 0 unspecified atom stereocenters. The van der Waals surface area contributed by atoms with Gasteiger partial charge in [0.05, 0.1) is 23.9 Å². The lowest BCUT2D eigenvalue weighted by molar-refractivity contribution is -0.123. The van der Waals surface area contributed by atoms with Crippen molar-refractivity contribution >= 4 is 40.9 Å². The average molecular weight is 478 g/mol. The Bertz CT molecular complexity index is 1340. The Hall–Kier alpha value is -3.34. The van der Waals surface area contributed by atoms with E-state index in [1.54, 1.807) is 53.4 Å². The monoisotopic (exact) mass is 477 g/mol. The molecule has 1 spiro atoms. The molecule has 0 aliphatic carbocycles. The highest BCUT2D eigenvalue weighted by Crippen LogP contribution is 2.55. The molecular weight excluding hydrogens is 461 g/mol. The maximum Gasteiger partial charge on any atom is 0.268 e. The largest absolute Gasteiger partial charge is 0.311 e. The van der Waals surface area contributed by atoms with E-state index >= 15 is 0 Å². The van der Waals surface area contributed by atoms with Gasteiger partial charge < -0.3 is 9.80 Å². The predicted molar refractivity (Wildman–Crippen MR) is 125 cm³/mol. The van der Waals surface area contributed by atoms with Gasteiger partial charge in [-0.2, -0.15) is 5.26 Å². The molecule has 1 fully saturated rings.